The summed E-state index contributed by atoms with van der Waals surface area (Å²) in [5.41, 5.74) is 5.57. The van der Waals surface area contributed by atoms with E-state index >= 15 is 0 Å². The summed E-state index contributed by atoms with van der Waals surface area (Å²) in [5, 5.41) is 3.54. The third-order valence-electron chi connectivity index (χ3n) is 4.41. The molecule has 7 nitrogen and oxygen atoms in total. The molecule has 2 heterocycles. The Hall–Kier alpha value is -1.36. The lowest BCUT2D eigenvalue weighted by molar-refractivity contribution is -0.114. The summed E-state index contributed by atoms with van der Waals surface area (Å²) < 4.78 is 0. The Kier molecular flexibility index (Phi) is 12.3. The lowest BCUT2D eigenvalue weighted by Gasteiger charge is -2.25. The number of nitrogens with zero attached hydrogens (tertiary/aromatic N) is 3. The van der Waals surface area contributed by atoms with Crippen LogP contribution in [0.3, 0.4) is 0 Å². The molecular formula is C19H28Cl2N6OS2. The molecule has 0 spiro atoms. The molecule has 0 bridgehead atoms. The molecule has 4 N–H and O–H groups in total. The smallest absolute Gasteiger partial charge is 0.223 e. The summed E-state index contributed by atoms with van der Waals surface area (Å²) in [4.78, 5) is 24.0. The number of carbonyl (C=O) groups is 1. The van der Waals surface area contributed by atoms with Gasteiger partial charge in [-0.3, -0.25) is 9.69 Å². The number of thioether (sulfide) groups is 1. The first-order valence-electron chi connectivity index (χ1n) is 9.28. The predicted molar refractivity (Wildman–Crippen MR) is 133 cm³/mol. The van der Waals surface area contributed by atoms with Gasteiger partial charge < -0.3 is 10.7 Å². The number of anilines is 1. The summed E-state index contributed by atoms with van der Waals surface area (Å²) in [6.45, 7) is 4.65. The third kappa shape index (κ3) is 8.41. The molecule has 0 saturated carbocycles. The van der Waals surface area contributed by atoms with E-state index in [1.54, 1.807) is 11.3 Å². The van der Waals surface area contributed by atoms with Gasteiger partial charge in [0.2, 0.25) is 5.91 Å². The van der Waals surface area contributed by atoms with E-state index in [0.29, 0.717) is 5.13 Å². The standard InChI is InChI=1S/C19H26N6OS2.2ClH/c1-14(26)23-19-24-17(18(28-19)12-25-8-10-27-11-9-25)7-4-15-2-5-16(6-3-15)21-13-22-20;;/h2-3,5-6,13H,4,7-12,20H2,1H3,(H,21,22)(H,23,24,26);2*1H. The number of thiazole rings is 1. The first-order chi connectivity index (χ1) is 13.6. The van der Waals surface area contributed by atoms with Crippen molar-refractivity contribution in [2.45, 2.75) is 26.3 Å². The predicted octanol–water partition coefficient (Wildman–Crippen LogP) is 3.40. The highest BCUT2D eigenvalue weighted by molar-refractivity contribution is 7.99. The summed E-state index contributed by atoms with van der Waals surface area (Å²) in [6, 6.07) is 8.09. The Morgan fingerprint density at radius 1 is 1.23 bits per heavy atom. The van der Waals surface area contributed by atoms with Gasteiger partial charge >= 0.3 is 0 Å². The summed E-state index contributed by atoms with van der Waals surface area (Å²) in [5.74, 6) is 7.48. The molecule has 166 valence electrons. The van der Waals surface area contributed by atoms with Crippen molar-refractivity contribution < 1.29 is 4.79 Å². The molecule has 1 aromatic carbocycles. The number of hydrazine groups is 1. The number of hydrogen-bond donors (Lipinski definition) is 3. The molecule has 3 rings (SSSR count). The number of aromatic nitrogens is 1. The first-order valence-corrected chi connectivity index (χ1v) is 11.2. The van der Waals surface area contributed by atoms with Gasteiger partial charge in [-0.15, -0.1) is 36.2 Å². The SMILES string of the molecule is CC(=O)Nc1nc(CCc2ccc(N=CNN)cc2)c(CN2CCSCC2)s1.Cl.Cl. The fourth-order valence-corrected chi connectivity index (χ4v) is 5.07. The van der Waals surface area contributed by atoms with E-state index in [9.17, 15) is 4.79 Å². The van der Waals surface area contributed by atoms with Gasteiger partial charge in [0.1, 0.15) is 6.34 Å². The van der Waals surface area contributed by atoms with Crippen molar-refractivity contribution in [2.75, 3.05) is 29.9 Å². The van der Waals surface area contributed by atoms with Crippen molar-refractivity contribution in [1.82, 2.24) is 15.3 Å². The lowest BCUT2D eigenvalue weighted by atomic mass is 10.1. The molecule has 1 fully saturated rings. The number of nitrogens with two attached hydrogens (primary N) is 1. The van der Waals surface area contributed by atoms with Crippen molar-refractivity contribution in [3.05, 3.63) is 40.4 Å². The maximum atomic E-state index is 11.4. The molecule has 30 heavy (non-hydrogen) atoms. The Labute approximate surface area is 198 Å². The number of halogens is 2. The van der Waals surface area contributed by atoms with Crippen molar-refractivity contribution in [1.29, 1.82) is 0 Å². The zero-order valence-electron chi connectivity index (χ0n) is 16.8. The molecule has 1 aliphatic heterocycles. The van der Waals surface area contributed by atoms with Crippen molar-refractivity contribution in [3.8, 4) is 0 Å². The Balaban J connectivity index is 0.00000225. The zero-order chi connectivity index (χ0) is 19.8. The number of aryl methyl sites for hydroxylation is 2. The van der Waals surface area contributed by atoms with Crippen LogP contribution < -0.4 is 16.6 Å². The highest BCUT2D eigenvalue weighted by Crippen LogP contribution is 2.27. The van der Waals surface area contributed by atoms with Gasteiger partial charge in [0.05, 0.1) is 11.4 Å². The number of benzene rings is 1. The van der Waals surface area contributed by atoms with Gasteiger partial charge in [-0.2, -0.15) is 11.8 Å². The van der Waals surface area contributed by atoms with Gasteiger partial charge in [0, 0.05) is 42.9 Å². The van der Waals surface area contributed by atoms with Crippen LogP contribution >= 0.6 is 47.9 Å². The number of nitrogens with one attached hydrogen (secondary N) is 2. The molecule has 0 aliphatic carbocycles. The molecule has 2 aromatic rings. The third-order valence-corrected chi connectivity index (χ3v) is 6.35. The van der Waals surface area contributed by atoms with Crippen LogP contribution in [0.4, 0.5) is 10.8 Å². The Morgan fingerprint density at radius 3 is 2.57 bits per heavy atom. The minimum atomic E-state index is -0.0793. The minimum absolute atomic E-state index is 0. The second kappa shape index (κ2) is 13.8. The molecule has 1 aromatic heterocycles. The Bertz CT molecular complexity index is 810. The largest absolute Gasteiger partial charge is 0.315 e. The highest BCUT2D eigenvalue weighted by atomic mass is 35.5. The number of aliphatic imine (C=N–C) groups is 1. The normalized spacial score (nSPS) is 14.1. The van der Waals surface area contributed by atoms with Crippen LogP contribution in [0.2, 0.25) is 0 Å². The average molecular weight is 492 g/mol. The maximum absolute atomic E-state index is 11.4. The van der Waals surface area contributed by atoms with Crippen LogP contribution in [0.15, 0.2) is 29.3 Å². The van der Waals surface area contributed by atoms with E-state index in [1.165, 1.54) is 35.2 Å². The number of hydrogen-bond acceptors (Lipinski definition) is 7. The van der Waals surface area contributed by atoms with E-state index in [1.807, 2.05) is 23.9 Å². The van der Waals surface area contributed by atoms with E-state index in [4.69, 9.17) is 10.8 Å². The monoisotopic (exact) mass is 490 g/mol. The van der Waals surface area contributed by atoms with Crippen LogP contribution in [0.1, 0.15) is 23.1 Å². The number of rotatable bonds is 8. The quantitative estimate of drug-likeness (QED) is 0.227. The zero-order valence-corrected chi connectivity index (χ0v) is 20.1. The topological polar surface area (TPSA) is 95.6 Å². The molecule has 0 atom stereocenters. The van der Waals surface area contributed by atoms with E-state index in [-0.39, 0.29) is 30.7 Å². The lowest BCUT2D eigenvalue weighted by Crippen LogP contribution is -2.32. The van der Waals surface area contributed by atoms with Crippen LogP contribution in [0.25, 0.3) is 0 Å². The maximum Gasteiger partial charge on any atom is 0.223 e. The average Bonchev–Trinajstić information content (AvgIpc) is 3.06. The Morgan fingerprint density at radius 2 is 1.93 bits per heavy atom. The number of carbonyl (C=O) groups excluding carboxylic acids is 1. The van der Waals surface area contributed by atoms with Gasteiger partial charge in [0.25, 0.3) is 0 Å². The second-order valence-corrected chi connectivity index (χ2v) is 8.86. The van der Waals surface area contributed by atoms with E-state index in [2.05, 4.69) is 32.8 Å². The van der Waals surface area contributed by atoms with Gasteiger partial charge in [-0.25, -0.2) is 15.8 Å². The fourth-order valence-electron chi connectivity index (χ4n) is 2.99. The van der Waals surface area contributed by atoms with Crippen molar-refractivity contribution >= 4 is 71.0 Å². The van der Waals surface area contributed by atoms with Crippen LogP contribution in [0.5, 0.6) is 0 Å². The first kappa shape index (κ1) is 26.7. The van der Waals surface area contributed by atoms with Crippen LogP contribution in [0, 0.1) is 0 Å². The molecule has 0 radical (unpaired) electrons. The summed E-state index contributed by atoms with van der Waals surface area (Å²) in [7, 11) is 0. The van der Waals surface area contributed by atoms with Crippen molar-refractivity contribution in [2.24, 2.45) is 10.8 Å². The van der Waals surface area contributed by atoms with E-state index in [0.717, 1.165) is 43.9 Å². The van der Waals surface area contributed by atoms with Gasteiger partial charge in [0.15, 0.2) is 5.13 Å². The van der Waals surface area contributed by atoms with Gasteiger partial charge in [-0.05, 0) is 30.5 Å². The molecule has 1 saturated heterocycles. The summed E-state index contributed by atoms with van der Waals surface area (Å²) >= 11 is 3.61. The second-order valence-electron chi connectivity index (χ2n) is 6.55. The van der Waals surface area contributed by atoms with E-state index < -0.39 is 0 Å². The minimum Gasteiger partial charge on any atom is -0.315 e. The number of amides is 1. The molecule has 0 unspecified atom stereocenters. The summed E-state index contributed by atoms with van der Waals surface area (Å²) in [6.07, 6.45) is 3.20. The fraction of sp³-hybridized carbons (Fsp3) is 0.421. The molecular weight excluding hydrogens is 463 g/mol. The van der Waals surface area contributed by atoms with Gasteiger partial charge in [-0.1, -0.05) is 12.1 Å². The molecule has 11 heteroatoms. The molecule has 1 amide bonds. The molecule has 1 aliphatic rings. The highest BCUT2D eigenvalue weighted by Gasteiger charge is 2.17. The van der Waals surface area contributed by atoms with Crippen molar-refractivity contribution in [3.63, 3.8) is 0 Å². The van der Waals surface area contributed by atoms with Crippen LogP contribution in [-0.2, 0) is 24.2 Å². The van der Waals surface area contributed by atoms with Crippen LogP contribution in [-0.4, -0.2) is 46.7 Å².